The first kappa shape index (κ1) is 23.2. The molecule has 0 N–H and O–H groups in total. The molecule has 1 aliphatic carbocycles. The summed E-state index contributed by atoms with van der Waals surface area (Å²) in [6.45, 7) is 2.50. The summed E-state index contributed by atoms with van der Waals surface area (Å²) in [5, 5.41) is 0. The lowest BCUT2D eigenvalue weighted by molar-refractivity contribution is -0.0581. The van der Waals surface area contributed by atoms with Crippen LogP contribution in [-0.2, 0) is 11.2 Å². The summed E-state index contributed by atoms with van der Waals surface area (Å²) in [5.74, 6) is -0.0780. The molecule has 1 aromatic carbocycles. The predicted molar refractivity (Wildman–Crippen MR) is 113 cm³/mol. The van der Waals surface area contributed by atoms with Crippen molar-refractivity contribution in [2.24, 2.45) is 17.8 Å². The fourth-order valence-corrected chi connectivity index (χ4v) is 4.88. The molecular formula is C25H35F3O2. The summed E-state index contributed by atoms with van der Waals surface area (Å²) in [5.41, 5.74) is 0.414. The van der Waals surface area contributed by atoms with E-state index in [1.54, 1.807) is 13.0 Å². The lowest BCUT2D eigenvalue weighted by atomic mass is 9.77. The molecule has 0 radical (unpaired) electrons. The van der Waals surface area contributed by atoms with Crippen LogP contribution in [0, 0.1) is 29.4 Å². The van der Waals surface area contributed by atoms with Gasteiger partial charge in [-0.3, -0.25) is 4.39 Å². The van der Waals surface area contributed by atoms with Gasteiger partial charge in [0.05, 0.1) is 19.4 Å². The van der Waals surface area contributed by atoms with Crippen LogP contribution in [0.1, 0.15) is 63.9 Å². The van der Waals surface area contributed by atoms with Crippen molar-refractivity contribution in [1.82, 2.24) is 0 Å². The molecule has 30 heavy (non-hydrogen) atoms. The maximum absolute atomic E-state index is 14.3. The van der Waals surface area contributed by atoms with Gasteiger partial charge in [0.1, 0.15) is 0 Å². The second-order valence-electron chi connectivity index (χ2n) is 8.72. The number of alkyl halides is 1. The quantitative estimate of drug-likeness (QED) is 0.405. The number of allylic oxidation sites excluding steroid dienone is 2. The van der Waals surface area contributed by atoms with Gasteiger partial charge < -0.3 is 9.47 Å². The molecule has 1 saturated carbocycles. The average molecular weight is 425 g/mol. The van der Waals surface area contributed by atoms with Gasteiger partial charge in [0, 0.05) is 6.61 Å². The third-order valence-corrected chi connectivity index (χ3v) is 6.68. The van der Waals surface area contributed by atoms with Crippen molar-refractivity contribution in [1.29, 1.82) is 0 Å². The Labute approximate surface area is 178 Å². The molecular weight excluding hydrogens is 389 g/mol. The lowest BCUT2D eigenvalue weighted by Crippen LogP contribution is -2.34. The fraction of sp³-hybridized carbons (Fsp3) is 0.680. The molecule has 0 amide bonds. The van der Waals surface area contributed by atoms with Crippen LogP contribution in [0.15, 0.2) is 24.3 Å². The SMILES string of the molecule is CCOc1ccc(CCC2CCC(C3CCC(C=CCCF)CC3)OC2)c(F)c1F. The zero-order valence-electron chi connectivity index (χ0n) is 18.1. The molecule has 2 fully saturated rings. The third-order valence-electron chi connectivity index (χ3n) is 6.68. The predicted octanol–water partition coefficient (Wildman–Crippen LogP) is 6.81. The Bertz CT molecular complexity index is 675. The Morgan fingerprint density at radius 1 is 1.07 bits per heavy atom. The summed E-state index contributed by atoms with van der Waals surface area (Å²) in [6, 6.07) is 3.16. The minimum absolute atomic E-state index is 0.0183. The summed E-state index contributed by atoms with van der Waals surface area (Å²) in [4.78, 5) is 0. The number of halogens is 3. The minimum Gasteiger partial charge on any atom is -0.491 e. The van der Waals surface area contributed by atoms with Crippen molar-refractivity contribution in [3.63, 3.8) is 0 Å². The first-order chi connectivity index (χ1) is 14.6. The number of aryl methyl sites for hydroxylation is 1. The van der Waals surface area contributed by atoms with Crippen molar-refractivity contribution in [3.8, 4) is 5.75 Å². The second-order valence-corrected chi connectivity index (χ2v) is 8.72. The van der Waals surface area contributed by atoms with E-state index < -0.39 is 11.6 Å². The number of hydrogen-bond acceptors (Lipinski definition) is 2. The van der Waals surface area contributed by atoms with Crippen LogP contribution in [0.5, 0.6) is 5.75 Å². The highest BCUT2D eigenvalue weighted by Gasteiger charge is 2.31. The first-order valence-electron chi connectivity index (χ1n) is 11.6. The van der Waals surface area contributed by atoms with Gasteiger partial charge >= 0.3 is 0 Å². The van der Waals surface area contributed by atoms with E-state index in [0.29, 0.717) is 55.5 Å². The van der Waals surface area contributed by atoms with Crippen molar-refractivity contribution < 1.29 is 22.6 Å². The van der Waals surface area contributed by atoms with E-state index in [1.807, 2.05) is 6.08 Å². The molecule has 5 heteroatoms. The average Bonchev–Trinajstić information content (AvgIpc) is 2.78. The molecule has 2 nitrogen and oxygen atoms in total. The summed E-state index contributed by atoms with van der Waals surface area (Å²) in [7, 11) is 0. The highest BCUT2D eigenvalue weighted by molar-refractivity contribution is 5.31. The lowest BCUT2D eigenvalue weighted by Gasteiger charge is -2.37. The van der Waals surface area contributed by atoms with E-state index in [0.717, 1.165) is 19.3 Å². The maximum Gasteiger partial charge on any atom is 0.200 e. The van der Waals surface area contributed by atoms with Crippen LogP contribution < -0.4 is 4.74 Å². The van der Waals surface area contributed by atoms with E-state index >= 15 is 0 Å². The van der Waals surface area contributed by atoms with E-state index in [2.05, 4.69) is 6.08 Å². The molecule has 2 atom stereocenters. The van der Waals surface area contributed by atoms with Crippen LogP contribution in [-0.4, -0.2) is 26.0 Å². The van der Waals surface area contributed by atoms with Gasteiger partial charge in [0.15, 0.2) is 11.6 Å². The molecule has 3 rings (SSSR count). The molecule has 168 valence electrons. The van der Waals surface area contributed by atoms with Crippen molar-refractivity contribution in [3.05, 3.63) is 41.5 Å². The molecule has 2 aliphatic rings. The Balaban J connectivity index is 1.40. The van der Waals surface area contributed by atoms with Crippen LogP contribution in [0.4, 0.5) is 13.2 Å². The van der Waals surface area contributed by atoms with Gasteiger partial charge in [-0.05, 0) is 94.1 Å². The third kappa shape index (κ3) is 6.26. The van der Waals surface area contributed by atoms with E-state index in [9.17, 15) is 13.2 Å². The summed E-state index contributed by atoms with van der Waals surface area (Å²) in [6.07, 6.45) is 13.2. The Morgan fingerprint density at radius 2 is 1.87 bits per heavy atom. The Kier molecular flexibility index (Phi) is 9.10. The zero-order valence-corrected chi connectivity index (χ0v) is 18.1. The molecule has 0 bridgehead atoms. The summed E-state index contributed by atoms with van der Waals surface area (Å²) < 4.78 is 51.8. The highest BCUT2D eigenvalue weighted by Crippen LogP contribution is 2.37. The zero-order chi connectivity index (χ0) is 21.3. The van der Waals surface area contributed by atoms with Crippen molar-refractivity contribution >= 4 is 0 Å². The molecule has 0 aromatic heterocycles. The summed E-state index contributed by atoms with van der Waals surface area (Å²) >= 11 is 0. The molecule has 1 aliphatic heterocycles. The van der Waals surface area contributed by atoms with E-state index in [1.165, 1.54) is 31.7 Å². The fourth-order valence-electron chi connectivity index (χ4n) is 4.88. The number of hydrogen-bond donors (Lipinski definition) is 0. The minimum atomic E-state index is -0.885. The maximum atomic E-state index is 14.3. The first-order valence-corrected chi connectivity index (χ1v) is 11.6. The van der Waals surface area contributed by atoms with Gasteiger partial charge in [-0.25, -0.2) is 4.39 Å². The van der Waals surface area contributed by atoms with Gasteiger partial charge in [-0.1, -0.05) is 18.2 Å². The van der Waals surface area contributed by atoms with Gasteiger partial charge in [-0.15, -0.1) is 0 Å². The number of benzene rings is 1. The van der Waals surface area contributed by atoms with Gasteiger partial charge in [-0.2, -0.15) is 4.39 Å². The molecule has 1 aromatic rings. The Hall–Kier alpha value is -1.49. The highest BCUT2D eigenvalue weighted by atomic mass is 19.2. The number of rotatable bonds is 9. The van der Waals surface area contributed by atoms with Crippen molar-refractivity contribution in [2.45, 2.75) is 70.8 Å². The van der Waals surface area contributed by atoms with Gasteiger partial charge in [0.25, 0.3) is 0 Å². The number of ether oxygens (including phenoxy) is 2. The second kappa shape index (κ2) is 11.8. The van der Waals surface area contributed by atoms with Crippen LogP contribution >= 0.6 is 0 Å². The molecule has 1 saturated heterocycles. The Morgan fingerprint density at radius 3 is 2.53 bits per heavy atom. The van der Waals surface area contributed by atoms with Crippen molar-refractivity contribution in [2.75, 3.05) is 19.9 Å². The largest absolute Gasteiger partial charge is 0.491 e. The molecule has 2 unspecified atom stereocenters. The van der Waals surface area contributed by atoms with Gasteiger partial charge in [0.2, 0.25) is 5.82 Å². The topological polar surface area (TPSA) is 18.5 Å². The van der Waals surface area contributed by atoms with Crippen LogP contribution in [0.3, 0.4) is 0 Å². The normalized spacial score (nSPS) is 27.5. The van der Waals surface area contributed by atoms with Crippen LogP contribution in [0.2, 0.25) is 0 Å². The van der Waals surface area contributed by atoms with Crippen LogP contribution in [0.25, 0.3) is 0 Å². The van der Waals surface area contributed by atoms with E-state index in [-0.39, 0.29) is 12.4 Å². The standard InChI is InChI=1S/C25H35F3O2/c1-2-29-23-15-13-21(24(27)25(23)28)12-8-19-9-14-22(30-17-19)20-10-6-18(7-11-20)5-3-4-16-26/h3,5,13,15,18-20,22H,2,4,6-12,14,16-17H2,1H3. The molecule has 1 heterocycles. The molecule has 0 spiro atoms. The smallest absolute Gasteiger partial charge is 0.200 e. The monoisotopic (exact) mass is 424 g/mol. The van der Waals surface area contributed by atoms with E-state index in [4.69, 9.17) is 9.47 Å².